The van der Waals surface area contributed by atoms with Crippen LogP contribution in [0.2, 0.25) is 0 Å². The Kier molecular flexibility index (Phi) is 4.79. The third-order valence-corrected chi connectivity index (χ3v) is 6.35. The lowest BCUT2D eigenvalue weighted by molar-refractivity contribution is -0.119. The second-order valence-electron chi connectivity index (χ2n) is 8.25. The monoisotopic (exact) mass is 391 g/mol. The van der Waals surface area contributed by atoms with E-state index in [1.54, 1.807) is 23.7 Å². The fraction of sp³-hybridized carbons (Fsp3) is 0.348. The van der Waals surface area contributed by atoms with Gasteiger partial charge in [-0.3, -0.25) is 9.78 Å². The topological polar surface area (TPSA) is 46.1 Å². The fourth-order valence-electron chi connectivity index (χ4n) is 3.86. The van der Waals surface area contributed by atoms with E-state index in [9.17, 15) is 4.79 Å². The van der Waals surface area contributed by atoms with Crippen molar-refractivity contribution < 1.29 is 4.79 Å². The van der Waals surface area contributed by atoms with Gasteiger partial charge >= 0.3 is 0 Å². The third-order valence-electron chi connectivity index (χ3n) is 5.46. The van der Waals surface area contributed by atoms with E-state index in [-0.39, 0.29) is 17.4 Å². The number of nitrogens with zero attached hydrogens (tertiary/aromatic N) is 3. The molecule has 0 saturated carbocycles. The van der Waals surface area contributed by atoms with E-state index in [4.69, 9.17) is 4.98 Å². The molecule has 4 rings (SSSR count). The first-order valence-corrected chi connectivity index (χ1v) is 10.6. The summed E-state index contributed by atoms with van der Waals surface area (Å²) >= 11 is 1.64. The van der Waals surface area contributed by atoms with Gasteiger partial charge in [-0.15, -0.1) is 11.3 Å². The average molecular weight is 392 g/mol. The summed E-state index contributed by atoms with van der Waals surface area (Å²) in [5.74, 6) is 0.211. The lowest BCUT2D eigenvalue weighted by Gasteiger charge is -2.30. The molecule has 0 atom stereocenters. The van der Waals surface area contributed by atoms with Crippen LogP contribution in [0.4, 0.5) is 5.69 Å². The summed E-state index contributed by atoms with van der Waals surface area (Å²) in [6, 6.07) is 10.5. The first kappa shape index (κ1) is 18.8. The standard InChI is InChI=1S/C23H25N3OS/c1-15(2)26-20-6-5-17(13-18(20)23(3,4)10-7-21(26)27)19-14-28-22(25-19)16-8-11-24-12-9-16/h5-6,8-9,11-15H,7,10H2,1-4H3. The molecule has 3 heterocycles. The van der Waals surface area contributed by atoms with Gasteiger partial charge in [0.05, 0.1) is 5.69 Å². The molecule has 4 nitrogen and oxygen atoms in total. The molecule has 3 aromatic rings. The number of fused-ring (bicyclic) bond motifs is 1. The molecular formula is C23H25N3OS. The van der Waals surface area contributed by atoms with Crippen LogP contribution in [0.15, 0.2) is 48.1 Å². The zero-order chi connectivity index (χ0) is 19.9. The Morgan fingerprint density at radius 3 is 2.57 bits per heavy atom. The summed E-state index contributed by atoms with van der Waals surface area (Å²) in [5.41, 5.74) is 5.36. The average Bonchev–Trinajstić information content (AvgIpc) is 3.14. The molecule has 1 aliphatic heterocycles. The predicted molar refractivity (Wildman–Crippen MR) is 116 cm³/mol. The van der Waals surface area contributed by atoms with Crippen LogP contribution in [0.25, 0.3) is 21.8 Å². The van der Waals surface area contributed by atoms with Gasteiger partial charge in [0, 0.05) is 47.1 Å². The molecule has 0 N–H and O–H groups in total. The molecule has 0 saturated heterocycles. The SMILES string of the molecule is CC(C)N1C(=O)CCC(C)(C)c2cc(-c3csc(-c4ccncc4)n3)ccc21. The molecule has 144 valence electrons. The molecule has 5 heteroatoms. The number of amides is 1. The minimum Gasteiger partial charge on any atom is -0.310 e. The minimum absolute atomic E-state index is 0.0609. The van der Waals surface area contributed by atoms with Crippen molar-refractivity contribution in [3.63, 3.8) is 0 Å². The van der Waals surface area contributed by atoms with Gasteiger partial charge in [-0.05, 0) is 55.5 Å². The van der Waals surface area contributed by atoms with Crippen LogP contribution < -0.4 is 4.90 Å². The van der Waals surface area contributed by atoms with E-state index < -0.39 is 0 Å². The lowest BCUT2D eigenvalue weighted by atomic mass is 9.79. The molecule has 1 amide bonds. The summed E-state index contributed by atoms with van der Waals surface area (Å²) in [5, 5.41) is 3.10. The summed E-state index contributed by atoms with van der Waals surface area (Å²) in [4.78, 5) is 23.6. The normalized spacial score (nSPS) is 16.2. The van der Waals surface area contributed by atoms with Crippen molar-refractivity contribution in [1.29, 1.82) is 0 Å². The maximum atomic E-state index is 12.7. The summed E-state index contributed by atoms with van der Waals surface area (Å²) < 4.78 is 0. The first-order valence-electron chi connectivity index (χ1n) is 9.70. The van der Waals surface area contributed by atoms with Crippen LogP contribution in [-0.2, 0) is 10.2 Å². The van der Waals surface area contributed by atoms with Crippen molar-refractivity contribution in [2.45, 2.75) is 52.0 Å². The van der Waals surface area contributed by atoms with Crippen LogP contribution in [0.3, 0.4) is 0 Å². The molecule has 1 aliphatic rings. The Hall–Kier alpha value is -2.53. The Morgan fingerprint density at radius 2 is 1.86 bits per heavy atom. The summed E-state index contributed by atoms with van der Waals surface area (Å²) in [6.45, 7) is 8.62. The molecule has 0 radical (unpaired) electrons. The summed E-state index contributed by atoms with van der Waals surface area (Å²) in [6.07, 6.45) is 5.01. The van der Waals surface area contributed by atoms with Gasteiger partial charge in [0.2, 0.25) is 5.91 Å². The number of thiazole rings is 1. The zero-order valence-electron chi connectivity index (χ0n) is 16.8. The highest BCUT2D eigenvalue weighted by atomic mass is 32.1. The Bertz CT molecular complexity index is 1010. The largest absolute Gasteiger partial charge is 0.310 e. The van der Waals surface area contributed by atoms with Gasteiger partial charge in [0.25, 0.3) is 0 Å². The number of anilines is 1. The number of hydrogen-bond donors (Lipinski definition) is 0. The second kappa shape index (κ2) is 7.13. The smallest absolute Gasteiger partial charge is 0.227 e. The fourth-order valence-corrected chi connectivity index (χ4v) is 4.69. The number of rotatable bonds is 3. The molecule has 0 spiro atoms. The van der Waals surface area contributed by atoms with Gasteiger partial charge in [-0.2, -0.15) is 0 Å². The molecule has 0 aliphatic carbocycles. The van der Waals surface area contributed by atoms with Crippen molar-refractivity contribution in [3.05, 3.63) is 53.7 Å². The number of hydrogen-bond acceptors (Lipinski definition) is 4. The predicted octanol–water partition coefficient (Wildman–Crippen LogP) is 5.68. The molecule has 0 unspecified atom stereocenters. The minimum atomic E-state index is -0.0609. The van der Waals surface area contributed by atoms with Crippen molar-refractivity contribution >= 4 is 22.9 Å². The van der Waals surface area contributed by atoms with Crippen molar-refractivity contribution in [2.24, 2.45) is 0 Å². The van der Waals surface area contributed by atoms with E-state index in [0.29, 0.717) is 6.42 Å². The van der Waals surface area contributed by atoms with E-state index in [1.165, 1.54) is 5.56 Å². The molecule has 0 fully saturated rings. The number of pyridine rings is 1. The second-order valence-corrected chi connectivity index (χ2v) is 9.11. The Labute approximate surface area is 170 Å². The number of carbonyl (C=O) groups excluding carboxylic acids is 1. The van der Waals surface area contributed by atoms with Crippen molar-refractivity contribution in [3.8, 4) is 21.8 Å². The van der Waals surface area contributed by atoms with Crippen molar-refractivity contribution in [1.82, 2.24) is 9.97 Å². The molecular weight excluding hydrogens is 366 g/mol. The van der Waals surface area contributed by atoms with E-state index in [2.05, 4.69) is 56.3 Å². The van der Waals surface area contributed by atoms with Crippen LogP contribution in [0, 0.1) is 0 Å². The van der Waals surface area contributed by atoms with E-state index in [1.807, 2.05) is 17.0 Å². The van der Waals surface area contributed by atoms with Crippen LogP contribution in [-0.4, -0.2) is 21.9 Å². The lowest BCUT2D eigenvalue weighted by Crippen LogP contribution is -2.36. The third kappa shape index (κ3) is 3.35. The highest BCUT2D eigenvalue weighted by Gasteiger charge is 2.34. The van der Waals surface area contributed by atoms with E-state index >= 15 is 0 Å². The number of aromatic nitrogens is 2. The van der Waals surface area contributed by atoms with Gasteiger partial charge in [-0.25, -0.2) is 4.98 Å². The number of benzene rings is 1. The Balaban J connectivity index is 1.79. The van der Waals surface area contributed by atoms with Gasteiger partial charge in [0.15, 0.2) is 0 Å². The molecule has 2 aromatic heterocycles. The van der Waals surface area contributed by atoms with Crippen LogP contribution >= 0.6 is 11.3 Å². The van der Waals surface area contributed by atoms with Crippen LogP contribution in [0.1, 0.15) is 46.1 Å². The van der Waals surface area contributed by atoms with Gasteiger partial charge in [-0.1, -0.05) is 19.9 Å². The summed E-state index contributed by atoms with van der Waals surface area (Å²) in [7, 11) is 0. The number of carbonyl (C=O) groups is 1. The van der Waals surface area contributed by atoms with Gasteiger partial charge in [0.1, 0.15) is 5.01 Å². The zero-order valence-corrected chi connectivity index (χ0v) is 17.6. The van der Waals surface area contributed by atoms with Crippen LogP contribution in [0.5, 0.6) is 0 Å². The Morgan fingerprint density at radius 1 is 1.11 bits per heavy atom. The molecule has 0 bridgehead atoms. The van der Waals surface area contributed by atoms with Gasteiger partial charge < -0.3 is 4.90 Å². The quantitative estimate of drug-likeness (QED) is 0.576. The molecule has 28 heavy (non-hydrogen) atoms. The first-order chi connectivity index (χ1) is 13.4. The maximum absolute atomic E-state index is 12.7. The molecule has 1 aromatic carbocycles. The highest BCUT2D eigenvalue weighted by Crippen LogP contribution is 2.42. The van der Waals surface area contributed by atoms with Crippen molar-refractivity contribution in [2.75, 3.05) is 4.90 Å². The highest BCUT2D eigenvalue weighted by molar-refractivity contribution is 7.13. The van der Waals surface area contributed by atoms with E-state index in [0.717, 1.165) is 33.9 Å². The maximum Gasteiger partial charge on any atom is 0.227 e.